The van der Waals surface area contributed by atoms with Gasteiger partial charge in [0.05, 0.1) is 11.8 Å². The van der Waals surface area contributed by atoms with E-state index in [4.69, 9.17) is 16.4 Å². The molecule has 164 valence electrons. The van der Waals surface area contributed by atoms with Gasteiger partial charge >= 0.3 is 0 Å². The maximum absolute atomic E-state index is 14.9. The number of hydrogen-bond acceptors (Lipinski definition) is 5. The van der Waals surface area contributed by atoms with Crippen molar-refractivity contribution < 1.29 is 13.6 Å². The number of nitrogens with zero attached hydrogens (tertiary/aromatic N) is 1. The highest BCUT2D eigenvalue weighted by atomic mass is 35.5. The minimum absolute atomic E-state index is 0.0181. The monoisotopic (exact) mass is 438 g/mol. The van der Waals surface area contributed by atoms with Crippen molar-refractivity contribution in [2.45, 2.75) is 38.8 Å². The molecule has 0 saturated carbocycles. The molecule has 0 amide bonds. The Balaban J connectivity index is 1.69. The zero-order chi connectivity index (χ0) is 21.3. The summed E-state index contributed by atoms with van der Waals surface area (Å²) in [7, 11) is 0. The molecule has 2 aliphatic rings. The van der Waals surface area contributed by atoms with Gasteiger partial charge in [0.25, 0.3) is 0 Å². The highest BCUT2D eigenvalue weighted by Gasteiger charge is 2.21. The topological polar surface area (TPSA) is 48.6 Å². The average molecular weight is 439 g/mol. The Kier molecular flexibility index (Phi) is 8.54. The molecule has 1 aromatic rings. The number of benzene rings is 1. The summed E-state index contributed by atoms with van der Waals surface area (Å²) < 4.78 is 28.4. The van der Waals surface area contributed by atoms with Gasteiger partial charge in [-0.1, -0.05) is 30.7 Å². The van der Waals surface area contributed by atoms with Crippen LogP contribution in [0.5, 0.6) is 0 Å². The molecule has 0 bridgehead atoms. The largest absolute Gasteiger partial charge is 0.370 e. The van der Waals surface area contributed by atoms with E-state index in [9.17, 15) is 8.78 Å². The Labute approximate surface area is 181 Å². The van der Waals surface area contributed by atoms with Crippen LogP contribution in [0.2, 0.25) is 5.02 Å². The smallest absolute Gasteiger partial charge is 0.130 e. The van der Waals surface area contributed by atoms with Crippen LogP contribution >= 0.6 is 11.6 Å². The van der Waals surface area contributed by atoms with Crippen molar-refractivity contribution in [2.75, 3.05) is 26.2 Å². The molecular formula is C22H29ClF2N4O. The van der Waals surface area contributed by atoms with E-state index >= 15 is 0 Å². The molecule has 0 radical (unpaired) electrons. The summed E-state index contributed by atoms with van der Waals surface area (Å²) in [6.07, 6.45) is 8.97. The first kappa shape index (κ1) is 22.6. The van der Waals surface area contributed by atoms with Crippen LogP contribution in [0.25, 0.3) is 5.70 Å². The molecule has 3 N–H and O–H groups in total. The van der Waals surface area contributed by atoms with E-state index in [0.717, 1.165) is 51.3 Å². The molecule has 30 heavy (non-hydrogen) atoms. The molecule has 0 unspecified atom stereocenters. The fraction of sp³-hybridized carbons (Fsp3) is 0.455. The molecule has 2 heterocycles. The minimum atomic E-state index is -0.476. The maximum atomic E-state index is 14.9. The van der Waals surface area contributed by atoms with Gasteiger partial charge in [0.2, 0.25) is 0 Å². The highest BCUT2D eigenvalue weighted by Crippen LogP contribution is 2.28. The van der Waals surface area contributed by atoms with Gasteiger partial charge in [-0.3, -0.25) is 10.3 Å². The number of rotatable bonds is 8. The van der Waals surface area contributed by atoms with Crippen LogP contribution in [0, 0.1) is 5.82 Å². The van der Waals surface area contributed by atoms with Crippen molar-refractivity contribution in [1.29, 1.82) is 0 Å². The number of halogens is 3. The summed E-state index contributed by atoms with van der Waals surface area (Å²) in [5.41, 5.74) is 3.37. The summed E-state index contributed by atoms with van der Waals surface area (Å²) in [5, 5.41) is 6.78. The lowest BCUT2D eigenvalue weighted by Gasteiger charge is -2.24. The van der Waals surface area contributed by atoms with Crippen LogP contribution in [0.3, 0.4) is 0 Å². The third-order valence-electron chi connectivity index (χ3n) is 5.19. The molecule has 3 rings (SSSR count). The molecular weight excluding hydrogens is 410 g/mol. The zero-order valence-electron chi connectivity index (χ0n) is 17.2. The fourth-order valence-corrected chi connectivity index (χ4v) is 3.75. The van der Waals surface area contributed by atoms with Crippen LogP contribution in [0.15, 0.2) is 42.5 Å². The van der Waals surface area contributed by atoms with Gasteiger partial charge in [-0.15, -0.1) is 0 Å². The number of piperidine rings is 1. The Morgan fingerprint density at radius 3 is 2.83 bits per heavy atom. The molecule has 0 atom stereocenters. The summed E-state index contributed by atoms with van der Waals surface area (Å²) in [4.78, 5) is 7.61. The molecule has 0 aliphatic carbocycles. The highest BCUT2D eigenvalue weighted by molar-refractivity contribution is 6.31. The molecule has 8 heteroatoms. The molecule has 0 aromatic heterocycles. The van der Waals surface area contributed by atoms with E-state index in [-0.39, 0.29) is 16.8 Å². The molecule has 0 spiro atoms. The predicted molar refractivity (Wildman–Crippen MR) is 117 cm³/mol. The Hall–Kier alpha value is -2.09. The first-order valence-electron chi connectivity index (χ1n) is 10.4. The normalized spacial score (nSPS) is 19.7. The standard InChI is InChI=1S/C22H29ClF2N4O/c1-2-3-4-5-22-27-10-11-29(22)15-18-19(23)12-16(13-20(18)25)21(14-24)28-30-17-6-8-26-9-7-17/h3-5,12-14,17,26-28H,2,6-11,15H2,1H3/b4-3+,21-14-,22-5+. The second kappa shape index (κ2) is 11.3. The summed E-state index contributed by atoms with van der Waals surface area (Å²) >= 11 is 6.39. The van der Waals surface area contributed by atoms with Crippen molar-refractivity contribution in [3.8, 4) is 0 Å². The number of hydroxylamine groups is 1. The third kappa shape index (κ3) is 5.97. The van der Waals surface area contributed by atoms with Crippen LogP contribution in [-0.4, -0.2) is 37.2 Å². The van der Waals surface area contributed by atoms with Crippen LogP contribution in [-0.2, 0) is 11.4 Å². The van der Waals surface area contributed by atoms with Crippen LogP contribution in [0.4, 0.5) is 8.78 Å². The first-order valence-corrected chi connectivity index (χ1v) is 10.8. The second-order valence-electron chi connectivity index (χ2n) is 7.35. The first-order chi connectivity index (χ1) is 14.6. The molecule has 2 saturated heterocycles. The second-order valence-corrected chi connectivity index (χ2v) is 7.75. The van der Waals surface area contributed by atoms with E-state index in [1.807, 2.05) is 17.1 Å². The summed E-state index contributed by atoms with van der Waals surface area (Å²) in [6.45, 7) is 5.65. The lowest BCUT2D eigenvalue weighted by atomic mass is 10.1. The molecule has 2 aliphatic heterocycles. The van der Waals surface area contributed by atoms with Gasteiger partial charge in [0.1, 0.15) is 18.0 Å². The predicted octanol–water partition coefficient (Wildman–Crippen LogP) is 4.23. The van der Waals surface area contributed by atoms with Gasteiger partial charge in [0, 0.05) is 35.8 Å². The number of nitrogens with one attached hydrogen (secondary N) is 3. The lowest BCUT2D eigenvalue weighted by Crippen LogP contribution is -2.35. The van der Waals surface area contributed by atoms with Crippen molar-refractivity contribution in [3.63, 3.8) is 0 Å². The van der Waals surface area contributed by atoms with Crippen molar-refractivity contribution in [2.24, 2.45) is 0 Å². The van der Waals surface area contributed by atoms with E-state index in [1.54, 1.807) is 6.07 Å². The van der Waals surface area contributed by atoms with Gasteiger partial charge in [-0.2, -0.15) is 0 Å². The summed E-state index contributed by atoms with van der Waals surface area (Å²) in [5.74, 6) is 0.455. The van der Waals surface area contributed by atoms with Gasteiger partial charge in [-0.05, 0) is 50.6 Å². The van der Waals surface area contributed by atoms with Gasteiger partial charge < -0.3 is 15.5 Å². The maximum Gasteiger partial charge on any atom is 0.130 e. The van der Waals surface area contributed by atoms with Crippen molar-refractivity contribution >= 4 is 17.3 Å². The number of hydrogen-bond donors (Lipinski definition) is 3. The van der Waals surface area contributed by atoms with Crippen molar-refractivity contribution in [1.82, 2.24) is 21.0 Å². The summed E-state index contributed by atoms with van der Waals surface area (Å²) in [6, 6.07) is 2.85. The quantitative estimate of drug-likeness (QED) is 0.530. The van der Waals surface area contributed by atoms with E-state index in [0.29, 0.717) is 24.0 Å². The molecule has 1 aromatic carbocycles. The Morgan fingerprint density at radius 1 is 1.33 bits per heavy atom. The lowest BCUT2D eigenvalue weighted by molar-refractivity contribution is -0.0118. The molecule has 5 nitrogen and oxygen atoms in total. The van der Waals surface area contributed by atoms with Crippen LogP contribution < -0.4 is 16.1 Å². The SMILES string of the molecule is CC/C=C/C=C1\NCCN1Cc1c(F)cc(/C(=C/F)NOC2CCNCC2)cc1Cl. The average Bonchev–Trinajstić information content (AvgIpc) is 3.19. The molecule has 2 fully saturated rings. The van der Waals surface area contributed by atoms with Crippen molar-refractivity contribution in [3.05, 3.63) is 64.5 Å². The Bertz CT molecular complexity index is 783. The van der Waals surface area contributed by atoms with E-state index in [1.165, 1.54) is 6.07 Å². The van der Waals surface area contributed by atoms with Gasteiger partial charge in [0.15, 0.2) is 0 Å². The third-order valence-corrected chi connectivity index (χ3v) is 5.52. The van der Waals surface area contributed by atoms with Crippen LogP contribution in [0.1, 0.15) is 37.3 Å². The minimum Gasteiger partial charge on any atom is -0.370 e. The van der Waals surface area contributed by atoms with Gasteiger partial charge in [-0.25, -0.2) is 8.78 Å². The Morgan fingerprint density at radius 2 is 2.13 bits per heavy atom. The fourth-order valence-electron chi connectivity index (χ4n) is 3.48. The zero-order valence-corrected chi connectivity index (χ0v) is 17.9. The number of allylic oxidation sites excluding steroid dienone is 3. The van der Waals surface area contributed by atoms with E-state index in [2.05, 4.69) is 29.1 Å². The van der Waals surface area contributed by atoms with E-state index < -0.39 is 5.82 Å².